The Kier molecular flexibility index (Phi) is 6.95. The van der Waals surface area contributed by atoms with E-state index in [1.807, 2.05) is 12.3 Å². The van der Waals surface area contributed by atoms with Crippen LogP contribution in [0.1, 0.15) is 29.7 Å². The molecule has 0 unspecified atom stereocenters. The fraction of sp³-hybridized carbons (Fsp3) is 0.367. The molecule has 0 radical (unpaired) electrons. The minimum absolute atomic E-state index is 0.633. The zero-order valence-electron chi connectivity index (χ0n) is 21.1. The molecule has 2 aromatic heterocycles. The normalized spacial score (nSPS) is 17.4. The van der Waals surface area contributed by atoms with Crippen LogP contribution < -0.4 is 9.80 Å². The molecular formula is C30H33FN6. The van der Waals surface area contributed by atoms with E-state index in [-0.39, 0.29) is 0 Å². The van der Waals surface area contributed by atoms with Crippen LogP contribution in [0.3, 0.4) is 0 Å². The molecule has 4 aromatic rings. The molecule has 0 bridgehead atoms. The monoisotopic (exact) mass is 496 g/mol. The first-order valence-corrected chi connectivity index (χ1v) is 13.3. The summed E-state index contributed by atoms with van der Waals surface area (Å²) in [4.78, 5) is 11.8. The highest BCUT2D eigenvalue weighted by molar-refractivity contribution is 5.93. The summed E-state index contributed by atoms with van der Waals surface area (Å²) in [6, 6.07) is 23.2. The summed E-state index contributed by atoms with van der Waals surface area (Å²) in [5.41, 5.74) is 3.45. The zero-order valence-corrected chi connectivity index (χ0v) is 21.1. The third-order valence-electron chi connectivity index (χ3n) is 7.59. The number of fused-ring (bicyclic) bond motifs is 1. The number of piperazine rings is 1. The summed E-state index contributed by atoms with van der Waals surface area (Å²) in [7, 11) is 0. The van der Waals surface area contributed by atoms with Crippen molar-refractivity contribution in [2.45, 2.75) is 32.0 Å². The Morgan fingerprint density at radius 2 is 1.41 bits per heavy atom. The van der Waals surface area contributed by atoms with Crippen LogP contribution in [0.5, 0.6) is 0 Å². The van der Waals surface area contributed by atoms with Crippen LogP contribution in [0.15, 0.2) is 72.9 Å². The summed E-state index contributed by atoms with van der Waals surface area (Å²) in [5, 5.41) is 11.7. The molecule has 0 aliphatic carbocycles. The maximum absolute atomic E-state index is 13.4. The van der Waals surface area contributed by atoms with Crippen LogP contribution in [0.4, 0.5) is 16.0 Å². The molecule has 2 fully saturated rings. The van der Waals surface area contributed by atoms with Gasteiger partial charge in [-0.05, 0) is 30.0 Å². The Morgan fingerprint density at radius 3 is 2.14 bits per heavy atom. The number of halogens is 1. The molecule has 0 N–H and O–H groups in total. The van der Waals surface area contributed by atoms with E-state index in [1.54, 1.807) is 0 Å². The molecule has 0 spiro atoms. The Morgan fingerprint density at radius 1 is 0.703 bits per heavy atom. The van der Waals surface area contributed by atoms with Gasteiger partial charge in [0.05, 0.1) is 5.69 Å². The maximum Gasteiger partial charge on any atom is 0.159 e. The summed E-state index contributed by atoms with van der Waals surface area (Å²) in [6.07, 6.45) is 3.41. The second-order valence-electron chi connectivity index (χ2n) is 10.1. The Balaban J connectivity index is 1.11. The Bertz CT molecular complexity index is 1310. The first-order valence-electron chi connectivity index (χ1n) is 13.3. The van der Waals surface area contributed by atoms with Gasteiger partial charge in [0.1, 0.15) is 12.0 Å². The quantitative estimate of drug-likeness (QED) is 0.379. The minimum Gasteiger partial charge on any atom is -0.353 e. The van der Waals surface area contributed by atoms with Crippen LogP contribution >= 0.6 is 0 Å². The lowest BCUT2D eigenvalue weighted by molar-refractivity contribution is 0.145. The van der Waals surface area contributed by atoms with Crippen LogP contribution in [-0.4, -0.2) is 65.5 Å². The number of nitrogens with zero attached hydrogens (tertiary/aromatic N) is 6. The molecule has 7 heteroatoms. The molecule has 0 atom stereocenters. The second-order valence-corrected chi connectivity index (χ2v) is 10.1. The summed E-state index contributed by atoms with van der Waals surface area (Å²) in [6.45, 7) is 6.03. The lowest BCUT2D eigenvalue weighted by Gasteiger charge is -2.36. The van der Waals surface area contributed by atoms with Crippen molar-refractivity contribution < 1.29 is 4.39 Å². The number of piperidine rings is 1. The fourth-order valence-corrected chi connectivity index (χ4v) is 5.46. The number of benzene rings is 2. The first kappa shape index (κ1) is 23.8. The number of pyridine rings is 1. The van der Waals surface area contributed by atoms with Gasteiger partial charge in [0, 0.05) is 69.2 Å². The lowest BCUT2D eigenvalue weighted by atomic mass is 10.0. The summed E-state index contributed by atoms with van der Waals surface area (Å²) < 4.78 is 13.4. The molecule has 2 aliphatic rings. The molecule has 4 heterocycles. The van der Waals surface area contributed by atoms with Crippen molar-refractivity contribution in [3.63, 3.8) is 0 Å². The molecule has 190 valence electrons. The minimum atomic E-state index is -0.633. The van der Waals surface area contributed by atoms with Gasteiger partial charge in [-0.2, -0.15) is 5.10 Å². The average molecular weight is 497 g/mol. The van der Waals surface area contributed by atoms with Gasteiger partial charge in [0.15, 0.2) is 5.82 Å². The van der Waals surface area contributed by atoms with E-state index >= 15 is 0 Å². The number of alkyl halides is 1. The van der Waals surface area contributed by atoms with Crippen molar-refractivity contribution in [1.29, 1.82) is 0 Å². The van der Waals surface area contributed by atoms with Gasteiger partial charge in [-0.3, -0.25) is 4.90 Å². The van der Waals surface area contributed by atoms with Crippen molar-refractivity contribution in [2.24, 2.45) is 0 Å². The lowest BCUT2D eigenvalue weighted by Crippen LogP contribution is -2.47. The standard InChI is InChI=1S/C30H33FN6/c31-25-12-14-35(15-13-25)22-24-10-11-29(32-21-24)36-16-18-37(19-17-36)30-27-9-5-4-8-26(27)28(33-34-30)20-23-6-2-1-3-7-23/h1-11,21,25H,12-20,22H2. The van der Waals surface area contributed by atoms with E-state index in [4.69, 9.17) is 10.1 Å². The number of anilines is 2. The molecular weight excluding hydrogens is 463 g/mol. The largest absolute Gasteiger partial charge is 0.353 e. The van der Waals surface area contributed by atoms with Crippen molar-refractivity contribution in [3.8, 4) is 0 Å². The third-order valence-corrected chi connectivity index (χ3v) is 7.59. The molecule has 2 aromatic carbocycles. The Hall–Kier alpha value is -3.58. The van der Waals surface area contributed by atoms with Gasteiger partial charge < -0.3 is 9.80 Å². The molecule has 0 amide bonds. The van der Waals surface area contributed by atoms with E-state index < -0.39 is 6.17 Å². The van der Waals surface area contributed by atoms with E-state index in [2.05, 4.69) is 80.5 Å². The van der Waals surface area contributed by atoms with Crippen LogP contribution in [0.25, 0.3) is 10.8 Å². The van der Waals surface area contributed by atoms with Crippen molar-refractivity contribution in [1.82, 2.24) is 20.1 Å². The molecule has 2 aliphatic heterocycles. The van der Waals surface area contributed by atoms with Gasteiger partial charge in [-0.25, -0.2) is 9.37 Å². The van der Waals surface area contributed by atoms with Crippen molar-refractivity contribution in [2.75, 3.05) is 49.1 Å². The molecule has 6 nitrogen and oxygen atoms in total. The van der Waals surface area contributed by atoms with Gasteiger partial charge in [0.2, 0.25) is 0 Å². The van der Waals surface area contributed by atoms with Crippen LogP contribution in [0, 0.1) is 0 Å². The number of rotatable bonds is 6. The highest BCUT2D eigenvalue weighted by Crippen LogP contribution is 2.28. The third kappa shape index (κ3) is 5.42. The number of hydrogen-bond acceptors (Lipinski definition) is 6. The first-order chi connectivity index (χ1) is 18.2. The predicted molar refractivity (Wildman–Crippen MR) is 147 cm³/mol. The van der Waals surface area contributed by atoms with Crippen LogP contribution in [0.2, 0.25) is 0 Å². The van der Waals surface area contributed by atoms with E-state index in [0.29, 0.717) is 12.8 Å². The molecule has 0 saturated carbocycles. The van der Waals surface area contributed by atoms with E-state index in [1.165, 1.54) is 16.5 Å². The predicted octanol–water partition coefficient (Wildman–Crippen LogP) is 4.88. The smallest absolute Gasteiger partial charge is 0.159 e. The number of likely N-dealkylation sites (tertiary alicyclic amines) is 1. The van der Waals surface area contributed by atoms with E-state index in [0.717, 1.165) is 74.9 Å². The average Bonchev–Trinajstić information content (AvgIpc) is 2.96. The molecule has 37 heavy (non-hydrogen) atoms. The SMILES string of the molecule is FC1CCN(Cc2ccc(N3CCN(c4nnc(Cc5ccccc5)c5ccccc45)CC3)nc2)CC1. The molecule has 6 rings (SSSR count). The highest BCUT2D eigenvalue weighted by atomic mass is 19.1. The topological polar surface area (TPSA) is 48.4 Å². The second kappa shape index (κ2) is 10.8. The van der Waals surface area contributed by atoms with Gasteiger partial charge in [-0.15, -0.1) is 5.10 Å². The Labute approximate surface area is 217 Å². The van der Waals surface area contributed by atoms with Gasteiger partial charge in [0.25, 0.3) is 0 Å². The maximum atomic E-state index is 13.4. The van der Waals surface area contributed by atoms with Crippen molar-refractivity contribution >= 4 is 22.4 Å². The van der Waals surface area contributed by atoms with Gasteiger partial charge >= 0.3 is 0 Å². The van der Waals surface area contributed by atoms with Crippen LogP contribution in [-0.2, 0) is 13.0 Å². The van der Waals surface area contributed by atoms with Crippen molar-refractivity contribution in [3.05, 3.63) is 89.7 Å². The number of hydrogen-bond donors (Lipinski definition) is 0. The molecule has 2 saturated heterocycles. The summed E-state index contributed by atoms with van der Waals surface area (Å²) >= 11 is 0. The van der Waals surface area contributed by atoms with Gasteiger partial charge in [-0.1, -0.05) is 60.7 Å². The highest BCUT2D eigenvalue weighted by Gasteiger charge is 2.22. The fourth-order valence-electron chi connectivity index (χ4n) is 5.46. The summed E-state index contributed by atoms with van der Waals surface area (Å²) in [5.74, 6) is 1.98. The van der Waals surface area contributed by atoms with E-state index in [9.17, 15) is 4.39 Å². The number of aromatic nitrogens is 3. The zero-order chi connectivity index (χ0) is 25.0.